The number of amides is 2. The summed E-state index contributed by atoms with van der Waals surface area (Å²) < 4.78 is 0. The Labute approximate surface area is 204 Å². The molecule has 0 aromatic heterocycles. The number of nitrogens with two attached hydrogens (primary N) is 1. The molecule has 2 amide bonds. The lowest BCUT2D eigenvalue weighted by atomic mass is 10.1. The van der Waals surface area contributed by atoms with Crippen LogP contribution < -0.4 is 21.7 Å². The van der Waals surface area contributed by atoms with Gasteiger partial charge in [0, 0.05) is 42.1 Å². The van der Waals surface area contributed by atoms with Crippen LogP contribution in [0.3, 0.4) is 0 Å². The fourth-order valence-electron chi connectivity index (χ4n) is 3.80. The normalized spacial score (nSPS) is 12.7. The third-order valence-corrected chi connectivity index (χ3v) is 5.78. The third kappa shape index (κ3) is 5.93. The van der Waals surface area contributed by atoms with E-state index in [-0.39, 0.29) is 17.8 Å². The van der Waals surface area contributed by atoms with Gasteiger partial charge in [-0.25, -0.2) is 0 Å². The smallest absolute Gasteiger partial charge is 0.255 e. The van der Waals surface area contributed by atoms with Crippen LogP contribution in [0.5, 0.6) is 0 Å². The molecule has 0 unspecified atom stereocenters. The molecule has 4 rings (SSSR count). The molecule has 6 N–H and O–H groups in total. The van der Waals surface area contributed by atoms with Crippen LogP contribution in [0.2, 0.25) is 0 Å². The second-order valence-corrected chi connectivity index (χ2v) is 8.29. The zero-order valence-electron chi connectivity index (χ0n) is 19.5. The van der Waals surface area contributed by atoms with Gasteiger partial charge >= 0.3 is 0 Å². The first kappa shape index (κ1) is 23.7. The number of guanidine groups is 1. The molecule has 0 saturated heterocycles. The SMILES string of the molecule is CNCc1ccc(NC(=O)c2ccc(C(=O)Nc3ccc(C4=CCN(C(=N)N)C4)cc3)cc2)cc1. The van der Waals surface area contributed by atoms with Gasteiger partial charge in [0.25, 0.3) is 11.8 Å². The van der Waals surface area contributed by atoms with Crippen molar-refractivity contribution in [3.63, 3.8) is 0 Å². The molecular formula is C27H28N6O2. The first-order valence-corrected chi connectivity index (χ1v) is 11.3. The molecule has 0 bridgehead atoms. The number of nitrogens with zero attached hydrogens (tertiary/aromatic N) is 1. The predicted octanol–water partition coefficient (Wildman–Crippen LogP) is 3.50. The average molecular weight is 469 g/mol. The van der Waals surface area contributed by atoms with Gasteiger partial charge in [0.1, 0.15) is 0 Å². The highest BCUT2D eigenvalue weighted by molar-refractivity contribution is 6.07. The van der Waals surface area contributed by atoms with E-state index in [1.165, 1.54) is 0 Å². The van der Waals surface area contributed by atoms with Crippen LogP contribution in [0.4, 0.5) is 11.4 Å². The molecule has 178 valence electrons. The molecule has 8 nitrogen and oxygen atoms in total. The number of nitrogens with one attached hydrogen (secondary N) is 4. The second kappa shape index (κ2) is 10.7. The maximum Gasteiger partial charge on any atom is 0.255 e. The lowest BCUT2D eigenvalue weighted by Gasteiger charge is -2.15. The Bertz CT molecular complexity index is 1250. The van der Waals surface area contributed by atoms with E-state index in [9.17, 15) is 9.59 Å². The largest absolute Gasteiger partial charge is 0.370 e. The first-order valence-electron chi connectivity index (χ1n) is 11.3. The maximum atomic E-state index is 12.7. The van der Waals surface area contributed by atoms with Gasteiger partial charge in [-0.05, 0) is 72.3 Å². The maximum absolute atomic E-state index is 12.7. The highest BCUT2D eigenvalue weighted by Gasteiger charge is 2.16. The van der Waals surface area contributed by atoms with Crippen molar-refractivity contribution >= 4 is 34.7 Å². The number of carbonyl (C=O) groups excluding carboxylic acids is 2. The van der Waals surface area contributed by atoms with Crippen molar-refractivity contribution in [3.8, 4) is 0 Å². The zero-order valence-corrected chi connectivity index (χ0v) is 19.5. The van der Waals surface area contributed by atoms with Crippen molar-refractivity contribution in [1.82, 2.24) is 10.2 Å². The molecular weight excluding hydrogens is 440 g/mol. The Morgan fingerprint density at radius 1 is 0.857 bits per heavy atom. The molecule has 0 atom stereocenters. The minimum atomic E-state index is -0.257. The molecule has 0 aliphatic carbocycles. The molecule has 0 radical (unpaired) electrons. The van der Waals surface area contributed by atoms with Crippen LogP contribution in [0.1, 0.15) is 31.8 Å². The van der Waals surface area contributed by atoms with Crippen LogP contribution in [-0.2, 0) is 6.54 Å². The van der Waals surface area contributed by atoms with Crippen LogP contribution in [0.25, 0.3) is 5.57 Å². The van der Waals surface area contributed by atoms with E-state index in [0.29, 0.717) is 35.6 Å². The van der Waals surface area contributed by atoms with E-state index in [2.05, 4.69) is 16.0 Å². The molecule has 1 aliphatic rings. The second-order valence-electron chi connectivity index (χ2n) is 8.29. The van der Waals surface area contributed by atoms with Gasteiger partial charge in [0.05, 0.1) is 0 Å². The molecule has 3 aromatic carbocycles. The highest BCUT2D eigenvalue weighted by Crippen LogP contribution is 2.23. The Morgan fingerprint density at radius 3 is 1.83 bits per heavy atom. The summed E-state index contributed by atoms with van der Waals surface area (Å²) in [6.45, 7) is 1.99. The zero-order chi connectivity index (χ0) is 24.8. The van der Waals surface area contributed by atoms with Crippen molar-refractivity contribution in [2.24, 2.45) is 5.73 Å². The number of hydrogen-bond donors (Lipinski definition) is 5. The van der Waals surface area contributed by atoms with Crippen molar-refractivity contribution in [2.45, 2.75) is 6.54 Å². The van der Waals surface area contributed by atoms with Crippen LogP contribution >= 0.6 is 0 Å². The number of benzene rings is 3. The van der Waals surface area contributed by atoms with Crippen molar-refractivity contribution < 1.29 is 9.59 Å². The van der Waals surface area contributed by atoms with Crippen LogP contribution in [-0.4, -0.2) is 42.8 Å². The summed E-state index contributed by atoms with van der Waals surface area (Å²) >= 11 is 0. The fraction of sp³-hybridized carbons (Fsp3) is 0.148. The van der Waals surface area contributed by atoms with Gasteiger partial charge in [-0.1, -0.05) is 30.3 Å². The van der Waals surface area contributed by atoms with E-state index in [0.717, 1.165) is 23.2 Å². The summed E-state index contributed by atoms with van der Waals surface area (Å²) in [5, 5.41) is 16.4. The summed E-state index contributed by atoms with van der Waals surface area (Å²) in [6, 6.07) is 21.7. The van der Waals surface area contributed by atoms with Gasteiger partial charge in [-0.3, -0.25) is 15.0 Å². The average Bonchev–Trinajstić information content (AvgIpc) is 3.37. The van der Waals surface area contributed by atoms with E-state index in [4.69, 9.17) is 11.1 Å². The van der Waals surface area contributed by atoms with Gasteiger partial charge in [0.15, 0.2) is 5.96 Å². The molecule has 3 aromatic rings. The summed E-state index contributed by atoms with van der Waals surface area (Å²) in [6.07, 6.45) is 2.05. The lowest BCUT2D eigenvalue weighted by molar-refractivity contribution is 0.101. The molecule has 0 fully saturated rings. The summed E-state index contributed by atoms with van der Waals surface area (Å²) in [7, 11) is 1.88. The number of carbonyl (C=O) groups is 2. The summed E-state index contributed by atoms with van der Waals surface area (Å²) in [5.41, 5.74) is 11.1. The third-order valence-electron chi connectivity index (χ3n) is 5.78. The van der Waals surface area contributed by atoms with E-state index in [1.54, 1.807) is 29.2 Å². The lowest BCUT2D eigenvalue weighted by Crippen LogP contribution is -2.34. The number of rotatable bonds is 7. The highest BCUT2D eigenvalue weighted by atomic mass is 16.2. The van der Waals surface area contributed by atoms with Gasteiger partial charge < -0.3 is 26.6 Å². The van der Waals surface area contributed by atoms with Gasteiger partial charge in [-0.15, -0.1) is 0 Å². The van der Waals surface area contributed by atoms with Crippen molar-refractivity contribution in [1.29, 1.82) is 5.41 Å². The fourth-order valence-corrected chi connectivity index (χ4v) is 3.80. The van der Waals surface area contributed by atoms with Crippen molar-refractivity contribution in [2.75, 3.05) is 30.8 Å². The topological polar surface area (TPSA) is 123 Å². The number of anilines is 2. The molecule has 0 spiro atoms. The molecule has 35 heavy (non-hydrogen) atoms. The van der Waals surface area contributed by atoms with Crippen molar-refractivity contribution in [3.05, 3.63) is 101 Å². The Hall–Kier alpha value is -4.43. The predicted molar refractivity (Wildman–Crippen MR) is 139 cm³/mol. The molecule has 1 aliphatic heterocycles. The summed E-state index contributed by atoms with van der Waals surface area (Å²) in [4.78, 5) is 27.0. The monoisotopic (exact) mass is 468 g/mol. The van der Waals surface area contributed by atoms with E-state index in [1.807, 2.05) is 61.7 Å². The van der Waals surface area contributed by atoms with Crippen LogP contribution in [0.15, 0.2) is 78.9 Å². The molecule has 0 saturated carbocycles. The standard InChI is InChI=1S/C27H28N6O2/c1-30-16-18-2-10-23(11-3-18)31-25(34)20-4-6-21(7-5-20)26(35)32-24-12-8-19(9-13-24)22-14-15-33(17-22)27(28)29/h2-14,30H,15-17H2,1H3,(H3,28,29)(H,31,34)(H,32,35). The van der Waals surface area contributed by atoms with Crippen LogP contribution in [0, 0.1) is 5.41 Å². The van der Waals surface area contributed by atoms with Gasteiger partial charge in [-0.2, -0.15) is 0 Å². The Morgan fingerprint density at radius 2 is 1.37 bits per heavy atom. The number of hydrogen-bond acceptors (Lipinski definition) is 4. The first-order chi connectivity index (χ1) is 16.9. The van der Waals surface area contributed by atoms with Gasteiger partial charge in [0.2, 0.25) is 0 Å². The minimum Gasteiger partial charge on any atom is -0.370 e. The summed E-state index contributed by atoms with van der Waals surface area (Å²) in [5.74, 6) is -0.436. The quantitative estimate of drug-likeness (QED) is 0.268. The Kier molecular flexibility index (Phi) is 7.23. The Balaban J connectivity index is 1.33. The van der Waals surface area contributed by atoms with E-state index >= 15 is 0 Å². The van der Waals surface area contributed by atoms with E-state index < -0.39 is 0 Å². The minimum absolute atomic E-state index is 0.0578. The molecule has 1 heterocycles. The molecule has 8 heteroatoms.